The van der Waals surface area contributed by atoms with Gasteiger partial charge in [0, 0.05) is 12.7 Å². The minimum atomic E-state index is -0.249. The Kier molecular flexibility index (Phi) is 5.07. The molecule has 0 atom stereocenters. The summed E-state index contributed by atoms with van der Waals surface area (Å²) in [4.78, 5) is 4.35. The van der Waals surface area contributed by atoms with E-state index in [0.717, 1.165) is 29.9 Å². The molecule has 2 rings (SSSR count). The van der Waals surface area contributed by atoms with E-state index in [1.54, 1.807) is 6.07 Å². The summed E-state index contributed by atoms with van der Waals surface area (Å²) in [6.45, 7) is 6.04. The zero-order valence-electron chi connectivity index (χ0n) is 11.8. The fourth-order valence-corrected chi connectivity index (χ4v) is 1.84. The van der Waals surface area contributed by atoms with Gasteiger partial charge in [-0.1, -0.05) is 13.0 Å². The molecule has 0 aliphatic rings. The fraction of sp³-hybridized carbons (Fsp3) is 0.312. The Bertz CT molecular complexity index is 555. The number of rotatable bonds is 6. The van der Waals surface area contributed by atoms with Gasteiger partial charge in [0.15, 0.2) is 0 Å². The van der Waals surface area contributed by atoms with Crippen LogP contribution in [0.4, 0.5) is 4.39 Å². The van der Waals surface area contributed by atoms with Crippen molar-refractivity contribution in [2.75, 3.05) is 6.54 Å². The molecule has 0 aliphatic carbocycles. The van der Waals surface area contributed by atoms with Crippen LogP contribution in [0.15, 0.2) is 36.5 Å². The van der Waals surface area contributed by atoms with Crippen LogP contribution in [0.5, 0.6) is 5.75 Å². The number of hydrogen-bond donors (Lipinski definition) is 1. The van der Waals surface area contributed by atoms with E-state index < -0.39 is 0 Å². The molecule has 1 heterocycles. The number of nitrogens with one attached hydrogen (secondary N) is 1. The molecule has 0 bridgehead atoms. The largest absolute Gasteiger partial charge is 0.487 e. The second kappa shape index (κ2) is 7.01. The van der Waals surface area contributed by atoms with E-state index in [2.05, 4.69) is 17.2 Å². The molecule has 2 aromatic rings. The van der Waals surface area contributed by atoms with Crippen LogP contribution in [0.1, 0.15) is 23.7 Å². The highest BCUT2D eigenvalue weighted by Crippen LogP contribution is 2.19. The first-order chi connectivity index (χ1) is 9.69. The summed E-state index contributed by atoms with van der Waals surface area (Å²) in [5.74, 6) is 0.436. The summed E-state index contributed by atoms with van der Waals surface area (Å²) >= 11 is 0. The maximum atomic E-state index is 13.0. The fourth-order valence-electron chi connectivity index (χ4n) is 1.84. The molecule has 20 heavy (non-hydrogen) atoms. The lowest BCUT2D eigenvalue weighted by atomic mass is 10.2. The van der Waals surface area contributed by atoms with Gasteiger partial charge in [0.2, 0.25) is 0 Å². The molecule has 106 valence electrons. The number of halogens is 1. The Labute approximate surface area is 118 Å². The highest BCUT2D eigenvalue weighted by atomic mass is 19.1. The molecule has 0 amide bonds. The third-order valence-electron chi connectivity index (χ3n) is 2.98. The van der Waals surface area contributed by atoms with Gasteiger partial charge < -0.3 is 10.1 Å². The monoisotopic (exact) mass is 274 g/mol. The summed E-state index contributed by atoms with van der Waals surface area (Å²) in [7, 11) is 0. The quantitative estimate of drug-likeness (QED) is 0.878. The number of ether oxygens (including phenoxy) is 1. The molecule has 0 radical (unpaired) electrons. The van der Waals surface area contributed by atoms with Gasteiger partial charge in [-0.05, 0) is 48.9 Å². The van der Waals surface area contributed by atoms with Gasteiger partial charge >= 0.3 is 0 Å². The SMILES string of the molecule is CCNCc1ccc(COc2ccc(F)cc2C)nc1. The lowest BCUT2D eigenvalue weighted by molar-refractivity contribution is 0.298. The first-order valence-corrected chi connectivity index (χ1v) is 6.72. The summed E-state index contributed by atoms with van der Waals surface area (Å²) < 4.78 is 18.6. The standard InChI is InChI=1S/C16H19FN2O/c1-3-18-9-13-4-6-15(19-10-13)11-20-16-7-5-14(17)8-12(16)2/h4-8,10,18H,3,9,11H2,1-2H3. The maximum absolute atomic E-state index is 13.0. The highest BCUT2D eigenvalue weighted by Gasteiger charge is 2.02. The summed E-state index contributed by atoms with van der Waals surface area (Å²) in [5, 5.41) is 3.25. The molecule has 0 fully saturated rings. The number of nitrogens with zero attached hydrogens (tertiary/aromatic N) is 1. The molecule has 1 aromatic heterocycles. The molecule has 0 saturated heterocycles. The van der Waals surface area contributed by atoms with Crippen molar-refractivity contribution in [1.29, 1.82) is 0 Å². The normalized spacial score (nSPS) is 10.6. The van der Waals surface area contributed by atoms with Crippen molar-refractivity contribution in [3.8, 4) is 5.75 Å². The van der Waals surface area contributed by atoms with Gasteiger partial charge in [0.05, 0.1) is 5.69 Å². The third-order valence-corrected chi connectivity index (χ3v) is 2.98. The molecule has 0 spiro atoms. The van der Waals surface area contributed by atoms with Crippen molar-refractivity contribution in [2.45, 2.75) is 27.0 Å². The Morgan fingerprint density at radius 3 is 2.75 bits per heavy atom. The summed E-state index contributed by atoms with van der Waals surface area (Å²) in [6, 6.07) is 8.49. The van der Waals surface area contributed by atoms with Crippen LogP contribution in [0.3, 0.4) is 0 Å². The van der Waals surface area contributed by atoms with E-state index in [9.17, 15) is 4.39 Å². The topological polar surface area (TPSA) is 34.1 Å². The predicted octanol–water partition coefficient (Wildman–Crippen LogP) is 3.22. The third kappa shape index (κ3) is 4.03. The van der Waals surface area contributed by atoms with E-state index in [1.807, 2.05) is 25.3 Å². The van der Waals surface area contributed by atoms with Gasteiger partial charge in [0.25, 0.3) is 0 Å². The van der Waals surface area contributed by atoms with E-state index in [4.69, 9.17) is 4.74 Å². The van der Waals surface area contributed by atoms with Gasteiger partial charge in [-0.15, -0.1) is 0 Å². The van der Waals surface area contributed by atoms with Gasteiger partial charge in [-0.25, -0.2) is 4.39 Å². The van der Waals surface area contributed by atoms with Crippen molar-refractivity contribution >= 4 is 0 Å². The molecule has 0 saturated carbocycles. The van der Waals surface area contributed by atoms with Crippen molar-refractivity contribution < 1.29 is 9.13 Å². The summed E-state index contributed by atoms with van der Waals surface area (Å²) in [5.41, 5.74) is 2.79. The molecular formula is C16H19FN2O. The van der Waals surface area contributed by atoms with Gasteiger partial charge in [0.1, 0.15) is 18.2 Å². The molecule has 0 aliphatic heterocycles. The average Bonchev–Trinajstić information content (AvgIpc) is 2.45. The van der Waals surface area contributed by atoms with Crippen LogP contribution in [0, 0.1) is 12.7 Å². The van der Waals surface area contributed by atoms with E-state index in [-0.39, 0.29) is 5.82 Å². The number of hydrogen-bond acceptors (Lipinski definition) is 3. The molecule has 1 aromatic carbocycles. The van der Waals surface area contributed by atoms with Crippen LogP contribution in [-0.2, 0) is 13.2 Å². The molecule has 0 unspecified atom stereocenters. The Balaban J connectivity index is 1.93. The predicted molar refractivity (Wildman–Crippen MR) is 77.1 cm³/mol. The number of benzene rings is 1. The van der Waals surface area contributed by atoms with E-state index in [0.29, 0.717) is 12.4 Å². The second-order valence-electron chi connectivity index (χ2n) is 4.64. The highest BCUT2D eigenvalue weighted by molar-refractivity contribution is 5.32. The molecular weight excluding hydrogens is 255 g/mol. The van der Waals surface area contributed by atoms with Crippen LogP contribution in [-0.4, -0.2) is 11.5 Å². The van der Waals surface area contributed by atoms with Crippen LogP contribution in [0.25, 0.3) is 0 Å². The van der Waals surface area contributed by atoms with Crippen LogP contribution >= 0.6 is 0 Å². The van der Waals surface area contributed by atoms with E-state index in [1.165, 1.54) is 12.1 Å². The number of pyridine rings is 1. The lowest BCUT2D eigenvalue weighted by Crippen LogP contribution is -2.12. The maximum Gasteiger partial charge on any atom is 0.130 e. The minimum Gasteiger partial charge on any atom is -0.487 e. The van der Waals surface area contributed by atoms with Crippen LogP contribution in [0.2, 0.25) is 0 Å². The van der Waals surface area contributed by atoms with Crippen molar-refractivity contribution in [2.24, 2.45) is 0 Å². The van der Waals surface area contributed by atoms with Crippen molar-refractivity contribution in [3.63, 3.8) is 0 Å². The van der Waals surface area contributed by atoms with E-state index >= 15 is 0 Å². The zero-order valence-corrected chi connectivity index (χ0v) is 11.8. The molecule has 1 N–H and O–H groups in total. The van der Waals surface area contributed by atoms with Gasteiger partial charge in [-0.3, -0.25) is 4.98 Å². The Morgan fingerprint density at radius 1 is 1.25 bits per heavy atom. The smallest absolute Gasteiger partial charge is 0.130 e. The number of aryl methyl sites for hydroxylation is 1. The number of aromatic nitrogens is 1. The zero-order chi connectivity index (χ0) is 14.4. The average molecular weight is 274 g/mol. The second-order valence-corrected chi connectivity index (χ2v) is 4.64. The van der Waals surface area contributed by atoms with Crippen molar-refractivity contribution in [1.82, 2.24) is 10.3 Å². The lowest BCUT2D eigenvalue weighted by Gasteiger charge is -2.09. The minimum absolute atomic E-state index is 0.249. The van der Waals surface area contributed by atoms with Crippen molar-refractivity contribution in [3.05, 3.63) is 59.2 Å². The Hall–Kier alpha value is -1.94. The first-order valence-electron chi connectivity index (χ1n) is 6.72. The Morgan fingerprint density at radius 2 is 2.10 bits per heavy atom. The summed E-state index contributed by atoms with van der Waals surface area (Å²) in [6.07, 6.45) is 1.85. The molecule has 3 nitrogen and oxygen atoms in total. The molecule has 4 heteroatoms. The van der Waals surface area contributed by atoms with Gasteiger partial charge in [-0.2, -0.15) is 0 Å². The first kappa shape index (κ1) is 14.5. The van der Waals surface area contributed by atoms with Crippen LogP contribution < -0.4 is 10.1 Å².